The SMILES string of the molecule is Cc1nc2nc(C(F)(F)F)nn2c(C)c1CCC(=O)N1CCN(c2ccccn2)CC1. The fourth-order valence-corrected chi connectivity index (χ4v) is 3.81. The molecule has 1 aliphatic heterocycles. The number of alkyl halides is 3. The highest BCUT2D eigenvalue weighted by atomic mass is 19.4. The molecule has 1 amide bonds. The molecule has 0 atom stereocenters. The normalized spacial score (nSPS) is 15.0. The van der Waals surface area contributed by atoms with Gasteiger partial charge in [-0.05, 0) is 38.0 Å². The van der Waals surface area contributed by atoms with Gasteiger partial charge in [0.25, 0.3) is 11.6 Å². The van der Waals surface area contributed by atoms with Crippen LogP contribution in [0.25, 0.3) is 5.78 Å². The van der Waals surface area contributed by atoms with Gasteiger partial charge in [0, 0.05) is 50.2 Å². The third-order valence-electron chi connectivity index (χ3n) is 5.50. The Morgan fingerprint density at radius 1 is 1.10 bits per heavy atom. The second kappa shape index (κ2) is 8.12. The van der Waals surface area contributed by atoms with E-state index in [1.54, 1.807) is 20.0 Å². The minimum atomic E-state index is -4.64. The van der Waals surface area contributed by atoms with E-state index in [4.69, 9.17) is 0 Å². The van der Waals surface area contributed by atoms with E-state index in [1.807, 2.05) is 23.1 Å². The first-order valence-electron chi connectivity index (χ1n) is 9.98. The van der Waals surface area contributed by atoms with Crippen LogP contribution in [0.15, 0.2) is 24.4 Å². The van der Waals surface area contributed by atoms with Crippen LogP contribution < -0.4 is 4.90 Å². The predicted octanol–water partition coefficient (Wildman–Crippen LogP) is 2.44. The second-order valence-electron chi connectivity index (χ2n) is 7.46. The molecule has 1 saturated heterocycles. The Morgan fingerprint density at radius 2 is 1.84 bits per heavy atom. The molecule has 164 valence electrons. The minimum absolute atomic E-state index is 0.00846. The number of fused-ring (bicyclic) bond motifs is 1. The Morgan fingerprint density at radius 3 is 2.48 bits per heavy atom. The Labute approximate surface area is 176 Å². The van der Waals surface area contributed by atoms with Crippen molar-refractivity contribution in [1.29, 1.82) is 0 Å². The van der Waals surface area contributed by atoms with Gasteiger partial charge in [-0.25, -0.2) is 14.5 Å². The smallest absolute Gasteiger partial charge is 0.353 e. The molecule has 4 heterocycles. The van der Waals surface area contributed by atoms with Crippen LogP contribution in [-0.2, 0) is 17.4 Å². The fourth-order valence-electron chi connectivity index (χ4n) is 3.81. The Kier molecular flexibility index (Phi) is 5.50. The number of piperazine rings is 1. The quantitative estimate of drug-likeness (QED) is 0.629. The second-order valence-corrected chi connectivity index (χ2v) is 7.46. The molecule has 0 N–H and O–H groups in total. The molecule has 1 aliphatic rings. The van der Waals surface area contributed by atoms with Crippen molar-refractivity contribution < 1.29 is 18.0 Å². The summed E-state index contributed by atoms with van der Waals surface area (Å²) < 4.78 is 39.9. The Bertz CT molecular complexity index is 1090. The largest absolute Gasteiger partial charge is 0.453 e. The lowest BCUT2D eigenvalue weighted by Gasteiger charge is -2.35. The Balaban J connectivity index is 1.41. The number of nitrogens with zero attached hydrogens (tertiary/aromatic N) is 7. The first-order chi connectivity index (χ1) is 14.7. The summed E-state index contributed by atoms with van der Waals surface area (Å²) in [5.41, 5.74) is 1.78. The van der Waals surface area contributed by atoms with Crippen molar-refractivity contribution in [2.24, 2.45) is 0 Å². The molecule has 8 nitrogen and oxygen atoms in total. The maximum absolute atomic E-state index is 12.9. The summed E-state index contributed by atoms with van der Waals surface area (Å²) in [4.78, 5) is 28.6. The lowest BCUT2D eigenvalue weighted by atomic mass is 10.1. The lowest BCUT2D eigenvalue weighted by Crippen LogP contribution is -2.49. The van der Waals surface area contributed by atoms with Crippen molar-refractivity contribution in [1.82, 2.24) is 29.5 Å². The number of carbonyl (C=O) groups excluding carboxylic acids is 1. The standard InChI is InChI=1S/C20H22F3N7O/c1-13-15(14(2)30-19(25-13)26-18(27-30)20(21,22)23)6-7-17(31)29-11-9-28(10-12-29)16-5-3-4-8-24-16/h3-5,8H,6-7,9-12H2,1-2H3. The molecule has 3 aromatic heterocycles. The van der Waals surface area contributed by atoms with E-state index < -0.39 is 12.0 Å². The van der Waals surface area contributed by atoms with Crippen molar-refractivity contribution in [3.63, 3.8) is 0 Å². The number of rotatable bonds is 4. The van der Waals surface area contributed by atoms with Crippen LogP contribution in [0, 0.1) is 13.8 Å². The monoisotopic (exact) mass is 433 g/mol. The third-order valence-corrected chi connectivity index (χ3v) is 5.50. The molecule has 0 saturated carbocycles. The summed E-state index contributed by atoms with van der Waals surface area (Å²) in [5.74, 6) is -0.412. The highest BCUT2D eigenvalue weighted by Gasteiger charge is 2.37. The lowest BCUT2D eigenvalue weighted by molar-refractivity contribution is -0.144. The maximum atomic E-state index is 12.9. The summed E-state index contributed by atoms with van der Waals surface area (Å²) >= 11 is 0. The molecule has 0 radical (unpaired) electrons. The van der Waals surface area contributed by atoms with Gasteiger partial charge in [-0.15, -0.1) is 5.10 Å². The number of carbonyl (C=O) groups is 1. The van der Waals surface area contributed by atoms with Gasteiger partial charge in [-0.1, -0.05) is 6.07 Å². The first-order valence-corrected chi connectivity index (χ1v) is 9.98. The zero-order chi connectivity index (χ0) is 22.2. The molecule has 4 rings (SSSR count). The molecule has 11 heteroatoms. The molecule has 3 aromatic rings. The average Bonchev–Trinajstić information content (AvgIpc) is 3.19. The number of hydrogen-bond donors (Lipinski definition) is 0. The summed E-state index contributed by atoms with van der Waals surface area (Å²) in [6.07, 6.45) is -2.27. The fraction of sp³-hybridized carbons (Fsp3) is 0.450. The number of halogens is 3. The molecule has 0 aliphatic carbocycles. The van der Waals surface area contributed by atoms with Gasteiger partial charge in [-0.3, -0.25) is 4.79 Å². The number of aryl methyl sites for hydroxylation is 2. The van der Waals surface area contributed by atoms with E-state index in [1.165, 1.54) is 0 Å². The van der Waals surface area contributed by atoms with Gasteiger partial charge >= 0.3 is 6.18 Å². The van der Waals surface area contributed by atoms with Gasteiger partial charge in [0.15, 0.2) is 0 Å². The highest BCUT2D eigenvalue weighted by molar-refractivity contribution is 5.77. The van der Waals surface area contributed by atoms with Crippen LogP contribution in [0.5, 0.6) is 0 Å². The molecule has 0 bridgehead atoms. The van der Waals surface area contributed by atoms with Crippen molar-refractivity contribution in [2.45, 2.75) is 32.9 Å². The zero-order valence-electron chi connectivity index (χ0n) is 17.2. The van der Waals surface area contributed by atoms with Crippen LogP contribution in [0.3, 0.4) is 0 Å². The number of aromatic nitrogens is 5. The van der Waals surface area contributed by atoms with Gasteiger partial charge in [0.05, 0.1) is 0 Å². The van der Waals surface area contributed by atoms with Crippen molar-refractivity contribution in [3.05, 3.63) is 47.2 Å². The number of amides is 1. The number of pyridine rings is 1. The molecule has 31 heavy (non-hydrogen) atoms. The summed E-state index contributed by atoms with van der Waals surface area (Å²) in [6, 6.07) is 5.74. The van der Waals surface area contributed by atoms with Gasteiger partial charge in [0.1, 0.15) is 5.82 Å². The van der Waals surface area contributed by atoms with E-state index in [0.717, 1.165) is 10.3 Å². The summed E-state index contributed by atoms with van der Waals surface area (Å²) in [5, 5.41) is 3.55. The van der Waals surface area contributed by atoms with Crippen LogP contribution in [-0.4, -0.2) is 61.6 Å². The topological polar surface area (TPSA) is 79.5 Å². The van der Waals surface area contributed by atoms with Crippen molar-refractivity contribution in [2.75, 3.05) is 31.1 Å². The molecule has 0 aromatic carbocycles. The third kappa shape index (κ3) is 4.30. The molecular formula is C20H22F3N7O. The van der Waals surface area contributed by atoms with Crippen LogP contribution in [0.2, 0.25) is 0 Å². The van der Waals surface area contributed by atoms with Crippen LogP contribution in [0.4, 0.5) is 19.0 Å². The predicted molar refractivity (Wildman–Crippen MR) is 107 cm³/mol. The average molecular weight is 433 g/mol. The van der Waals surface area contributed by atoms with E-state index in [0.29, 0.717) is 49.6 Å². The van der Waals surface area contributed by atoms with Crippen LogP contribution in [0.1, 0.15) is 29.2 Å². The van der Waals surface area contributed by atoms with Gasteiger partial charge in [0.2, 0.25) is 5.91 Å². The first kappa shape index (κ1) is 21.0. The van der Waals surface area contributed by atoms with Crippen LogP contribution >= 0.6 is 0 Å². The van der Waals surface area contributed by atoms with E-state index in [-0.39, 0.29) is 18.1 Å². The summed E-state index contributed by atoms with van der Waals surface area (Å²) in [6.45, 7) is 5.98. The summed E-state index contributed by atoms with van der Waals surface area (Å²) in [7, 11) is 0. The highest BCUT2D eigenvalue weighted by Crippen LogP contribution is 2.27. The van der Waals surface area contributed by atoms with E-state index in [9.17, 15) is 18.0 Å². The van der Waals surface area contributed by atoms with Crippen molar-refractivity contribution >= 4 is 17.5 Å². The van der Waals surface area contributed by atoms with Gasteiger partial charge < -0.3 is 9.80 Å². The number of hydrogen-bond acceptors (Lipinski definition) is 6. The zero-order valence-corrected chi connectivity index (χ0v) is 17.2. The maximum Gasteiger partial charge on any atom is 0.453 e. The minimum Gasteiger partial charge on any atom is -0.353 e. The van der Waals surface area contributed by atoms with Gasteiger partial charge in [-0.2, -0.15) is 18.2 Å². The molecule has 0 unspecified atom stereocenters. The molecular weight excluding hydrogens is 411 g/mol. The van der Waals surface area contributed by atoms with Crippen molar-refractivity contribution in [3.8, 4) is 0 Å². The Hall–Kier alpha value is -3.24. The number of anilines is 1. The van der Waals surface area contributed by atoms with E-state index in [2.05, 4.69) is 25.0 Å². The molecule has 0 spiro atoms. The molecule has 1 fully saturated rings. The van der Waals surface area contributed by atoms with E-state index >= 15 is 0 Å².